The van der Waals surface area contributed by atoms with E-state index in [9.17, 15) is 4.21 Å². The minimum absolute atomic E-state index is 0.487. The van der Waals surface area contributed by atoms with Gasteiger partial charge in [0, 0.05) is 10.6 Å². The molecule has 0 aromatic heterocycles. The van der Waals surface area contributed by atoms with Crippen LogP contribution in [-0.4, -0.2) is 14.7 Å². The molecule has 2 nitrogen and oxygen atoms in total. The lowest BCUT2D eigenvalue weighted by Crippen LogP contribution is -2.29. The van der Waals surface area contributed by atoms with E-state index in [1.807, 2.05) is 37.8 Å². The molecule has 0 radical (unpaired) electrons. The van der Waals surface area contributed by atoms with E-state index >= 15 is 0 Å². The molecule has 1 aromatic rings. The monoisotopic (exact) mass is 295 g/mol. The van der Waals surface area contributed by atoms with E-state index in [2.05, 4.69) is 24.3 Å². The molecule has 1 atom stereocenters. The van der Waals surface area contributed by atoms with Gasteiger partial charge in [0.15, 0.2) is 0 Å². The van der Waals surface area contributed by atoms with Crippen molar-refractivity contribution in [2.45, 2.75) is 36.3 Å². The van der Waals surface area contributed by atoms with Crippen molar-refractivity contribution >= 4 is 28.8 Å². The topological polar surface area (TPSA) is 43.1 Å². The van der Waals surface area contributed by atoms with Crippen LogP contribution in [-0.2, 0) is 11.0 Å². The second kappa shape index (κ2) is 6.25. The average Bonchev–Trinajstić information content (AvgIpc) is 3.19. The van der Waals surface area contributed by atoms with Crippen LogP contribution in [0.4, 0.5) is 0 Å². The first-order valence-corrected chi connectivity index (χ1v) is 8.75. The Balaban J connectivity index is 1.93. The van der Waals surface area contributed by atoms with Crippen molar-refractivity contribution in [1.82, 2.24) is 0 Å². The molecule has 1 aromatic carbocycles. The Labute approximate surface area is 122 Å². The molecule has 1 fully saturated rings. The molecule has 2 N–H and O–H groups in total. The fourth-order valence-electron chi connectivity index (χ4n) is 1.54. The Morgan fingerprint density at radius 3 is 2.53 bits per heavy atom. The number of benzene rings is 1. The largest absolute Gasteiger partial charge is 0.251 e. The van der Waals surface area contributed by atoms with Gasteiger partial charge < -0.3 is 0 Å². The van der Waals surface area contributed by atoms with Crippen molar-refractivity contribution in [1.29, 1.82) is 0 Å². The molecule has 1 aliphatic rings. The molecule has 0 bridgehead atoms. The predicted octanol–water partition coefficient (Wildman–Crippen LogP) is 3.60. The fourth-order valence-corrected chi connectivity index (χ4v) is 2.83. The van der Waals surface area contributed by atoms with Gasteiger partial charge in [-0.3, -0.25) is 5.14 Å². The fraction of sp³-hybridized carbons (Fsp3) is 0.467. The van der Waals surface area contributed by atoms with Crippen LogP contribution in [0, 0.1) is 5.92 Å². The van der Waals surface area contributed by atoms with Crippen molar-refractivity contribution in [3.05, 3.63) is 35.9 Å². The summed E-state index contributed by atoms with van der Waals surface area (Å²) in [7, 11) is -1.35. The van der Waals surface area contributed by atoms with Crippen LogP contribution in [0.25, 0.3) is 6.08 Å². The van der Waals surface area contributed by atoms with Gasteiger partial charge in [0.25, 0.3) is 0 Å². The second-order valence-electron chi connectivity index (χ2n) is 5.56. The zero-order valence-electron chi connectivity index (χ0n) is 11.5. The van der Waals surface area contributed by atoms with Crippen molar-refractivity contribution in [2.75, 3.05) is 5.75 Å². The van der Waals surface area contributed by atoms with E-state index in [1.54, 1.807) is 0 Å². The molecule has 1 saturated carbocycles. The van der Waals surface area contributed by atoms with Crippen LogP contribution in [0.1, 0.15) is 32.3 Å². The second-order valence-corrected chi connectivity index (χ2v) is 8.30. The van der Waals surface area contributed by atoms with Gasteiger partial charge >= 0.3 is 0 Å². The zero-order valence-corrected chi connectivity index (χ0v) is 13.1. The third-order valence-electron chi connectivity index (χ3n) is 3.26. The zero-order chi connectivity index (χ0) is 13.9. The predicted molar refractivity (Wildman–Crippen MR) is 85.3 cm³/mol. The molecule has 0 amide bonds. The summed E-state index contributed by atoms with van der Waals surface area (Å²) in [5.41, 5.74) is 1.12. The van der Waals surface area contributed by atoms with E-state index in [0.29, 0.717) is 0 Å². The first-order valence-electron chi connectivity index (χ1n) is 6.56. The summed E-state index contributed by atoms with van der Waals surface area (Å²) in [5.74, 6) is 2.19. The van der Waals surface area contributed by atoms with E-state index in [0.717, 1.165) is 11.5 Å². The van der Waals surface area contributed by atoms with Gasteiger partial charge in [0.05, 0.1) is 15.7 Å². The van der Waals surface area contributed by atoms with Crippen LogP contribution in [0.2, 0.25) is 0 Å². The molecular formula is C15H21NOS2. The number of hydrogen-bond acceptors (Lipinski definition) is 2. The summed E-state index contributed by atoms with van der Waals surface area (Å²) >= 11 is 1.94. The molecule has 4 heteroatoms. The van der Waals surface area contributed by atoms with Crippen LogP contribution < -0.4 is 5.14 Å². The standard InChI is InChI=1S/C15H21NOS2/c1-15(2,19(16)17)10-9-12-5-7-14(8-6-12)18-11-13-3-4-13/h5-10,13H,3-4,11,16H2,1-2H3/b10-9+. The van der Waals surface area contributed by atoms with Gasteiger partial charge in [0.1, 0.15) is 0 Å². The summed E-state index contributed by atoms with van der Waals surface area (Å²) in [6.45, 7) is 3.75. The molecule has 0 spiro atoms. The molecule has 0 heterocycles. The molecule has 104 valence electrons. The summed E-state index contributed by atoms with van der Waals surface area (Å²) in [5, 5.41) is 5.45. The van der Waals surface area contributed by atoms with E-state index in [1.165, 1.54) is 23.5 Å². The highest BCUT2D eigenvalue weighted by molar-refractivity contribution is 7.99. The van der Waals surface area contributed by atoms with Crippen molar-refractivity contribution in [3.63, 3.8) is 0 Å². The summed E-state index contributed by atoms with van der Waals surface area (Å²) in [6.07, 6.45) is 6.70. The van der Waals surface area contributed by atoms with E-state index in [4.69, 9.17) is 5.14 Å². The summed E-state index contributed by atoms with van der Waals surface area (Å²) in [6, 6.07) is 8.50. The average molecular weight is 295 g/mol. The summed E-state index contributed by atoms with van der Waals surface area (Å²) < 4.78 is 10.8. The highest BCUT2D eigenvalue weighted by Crippen LogP contribution is 2.35. The minimum Gasteiger partial charge on any atom is -0.251 e. The molecule has 1 unspecified atom stereocenters. The SMILES string of the molecule is CC(C)(/C=C/c1ccc(SCC2CC2)cc1)S(N)=O. The van der Waals surface area contributed by atoms with Gasteiger partial charge in [-0.15, -0.1) is 11.8 Å². The van der Waals surface area contributed by atoms with Crippen LogP contribution in [0.3, 0.4) is 0 Å². The lowest BCUT2D eigenvalue weighted by atomic mass is 10.1. The number of nitrogens with two attached hydrogens (primary N) is 1. The number of thioether (sulfide) groups is 1. The minimum atomic E-state index is -1.35. The maximum atomic E-state index is 11.3. The normalized spacial score (nSPS) is 17.8. The number of hydrogen-bond donors (Lipinski definition) is 1. The van der Waals surface area contributed by atoms with Crippen molar-refractivity contribution in [3.8, 4) is 0 Å². The molecule has 0 saturated heterocycles. The van der Waals surface area contributed by atoms with Gasteiger partial charge in [0.2, 0.25) is 0 Å². The first kappa shape index (κ1) is 14.8. The molecule has 19 heavy (non-hydrogen) atoms. The van der Waals surface area contributed by atoms with Gasteiger partial charge in [-0.1, -0.05) is 24.3 Å². The maximum Gasteiger partial charge on any atom is 0.0984 e. The van der Waals surface area contributed by atoms with Gasteiger partial charge in [-0.2, -0.15) is 0 Å². The third kappa shape index (κ3) is 4.79. The van der Waals surface area contributed by atoms with Crippen molar-refractivity contribution < 1.29 is 4.21 Å². The summed E-state index contributed by atoms with van der Waals surface area (Å²) in [4.78, 5) is 1.32. The van der Waals surface area contributed by atoms with E-state index in [-0.39, 0.29) is 0 Å². The third-order valence-corrected chi connectivity index (χ3v) is 5.68. The molecular weight excluding hydrogens is 274 g/mol. The highest BCUT2D eigenvalue weighted by Gasteiger charge is 2.21. The Bertz CT molecular complexity index is 475. The maximum absolute atomic E-state index is 11.3. The first-order chi connectivity index (χ1) is 8.97. The molecule has 0 aliphatic heterocycles. The van der Waals surface area contributed by atoms with Crippen LogP contribution in [0.5, 0.6) is 0 Å². The van der Waals surface area contributed by atoms with Gasteiger partial charge in [-0.25, -0.2) is 4.21 Å². The van der Waals surface area contributed by atoms with Gasteiger partial charge in [-0.05, 0) is 50.3 Å². The lowest BCUT2D eigenvalue weighted by molar-refractivity contribution is 0.665. The number of rotatable bonds is 6. The Hall–Kier alpha value is -0.580. The lowest BCUT2D eigenvalue weighted by Gasteiger charge is -2.15. The van der Waals surface area contributed by atoms with Crippen LogP contribution in [0.15, 0.2) is 35.2 Å². The van der Waals surface area contributed by atoms with Crippen LogP contribution >= 0.6 is 11.8 Å². The highest BCUT2D eigenvalue weighted by atomic mass is 32.2. The Morgan fingerprint density at radius 1 is 1.37 bits per heavy atom. The van der Waals surface area contributed by atoms with Crippen molar-refractivity contribution in [2.24, 2.45) is 11.1 Å². The quantitative estimate of drug-likeness (QED) is 0.815. The smallest absolute Gasteiger partial charge is 0.0984 e. The Kier molecular flexibility index (Phi) is 4.87. The molecule has 1 aliphatic carbocycles. The van der Waals surface area contributed by atoms with E-state index < -0.39 is 15.7 Å². The Morgan fingerprint density at radius 2 is 2.00 bits per heavy atom. The molecule has 2 rings (SSSR count).